The van der Waals surface area contributed by atoms with Gasteiger partial charge in [-0.15, -0.1) is 0 Å². The van der Waals surface area contributed by atoms with Crippen molar-refractivity contribution in [3.63, 3.8) is 0 Å². The quantitative estimate of drug-likeness (QED) is 0.316. The number of hydrogen-bond donors (Lipinski definition) is 3. The third-order valence-corrected chi connectivity index (χ3v) is 6.96. The predicted molar refractivity (Wildman–Crippen MR) is 139 cm³/mol. The number of aromatic amines is 1. The van der Waals surface area contributed by atoms with E-state index in [0.29, 0.717) is 22.3 Å². The van der Waals surface area contributed by atoms with Crippen LogP contribution in [0.25, 0.3) is 10.9 Å². The molecule has 1 amide bonds. The van der Waals surface area contributed by atoms with Gasteiger partial charge in [0.2, 0.25) is 0 Å². The van der Waals surface area contributed by atoms with Crippen molar-refractivity contribution in [2.24, 2.45) is 0 Å². The van der Waals surface area contributed by atoms with E-state index < -0.39 is 0 Å². The van der Waals surface area contributed by atoms with E-state index in [1.165, 1.54) is 5.56 Å². The molecule has 1 aliphatic rings. The fourth-order valence-corrected chi connectivity index (χ4v) is 4.82. The van der Waals surface area contributed by atoms with Crippen molar-refractivity contribution in [2.75, 3.05) is 30.8 Å². The molecule has 2 heterocycles. The number of likely N-dealkylation sites (tertiary alicyclic amines) is 1. The molecule has 0 radical (unpaired) electrons. The highest BCUT2D eigenvalue weighted by atomic mass is 35.5. The maximum atomic E-state index is 12.9. The van der Waals surface area contributed by atoms with Crippen LogP contribution in [0.15, 0.2) is 60.7 Å². The lowest BCUT2D eigenvalue weighted by Crippen LogP contribution is -2.29. The zero-order valence-electron chi connectivity index (χ0n) is 19.4. The number of halogens is 1. The number of fused-ring (bicyclic) bond motifs is 1. The number of hydrogen-bond acceptors (Lipinski definition) is 4. The number of benzene rings is 3. The van der Waals surface area contributed by atoms with E-state index >= 15 is 0 Å². The minimum Gasteiger partial charge on any atom is -0.354 e. The van der Waals surface area contributed by atoms with Crippen molar-refractivity contribution in [2.45, 2.75) is 25.7 Å². The Hall–Kier alpha value is -3.35. The molecule has 0 aliphatic carbocycles. The van der Waals surface area contributed by atoms with E-state index in [1.807, 2.05) is 55.5 Å². The summed E-state index contributed by atoms with van der Waals surface area (Å²) in [5.74, 6) is 0.915. The minimum atomic E-state index is -0.169. The Morgan fingerprint density at radius 3 is 2.59 bits per heavy atom. The number of amides is 1. The van der Waals surface area contributed by atoms with Gasteiger partial charge in [0, 0.05) is 16.6 Å². The Balaban J connectivity index is 1.29. The van der Waals surface area contributed by atoms with E-state index in [4.69, 9.17) is 11.6 Å². The molecular formula is C27H28ClN5O. The number of nitrogens with one attached hydrogen (secondary N) is 3. The fourth-order valence-electron chi connectivity index (χ4n) is 4.56. The SMILES string of the molecule is Cc1cccc(Cl)c1Nc1ccc2c(NC(=O)c3ccc(C4CCN(C)CC4)cc3)n[nH]c2c1. The molecule has 1 aliphatic heterocycles. The van der Waals surface area contributed by atoms with Crippen LogP contribution in [-0.4, -0.2) is 41.1 Å². The molecular weight excluding hydrogens is 446 g/mol. The molecule has 174 valence electrons. The molecule has 7 heteroatoms. The fraction of sp³-hybridized carbons (Fsp3) is 0.259. The highest BCUT2D eigenvalue weighted by molar-refractivity contribution is 6.33. The molecule has 0 unspecified atom stereocenters. The number of H-pyrrole nitrogens is 1. The summed E-state index contributed by atoms with van der Waals surface area (Å²) >= 11 is 6.34. The molecule has 34 heavy (non-hydrogen) atoms. The van der Waals surface area contributed by atoms with E-state index in [2.05, 4.69) is 44.9 Å². The number of nitrogens with zero attached hydrogens (tertiary/aromatic N) is 2. The van der Waals surface area contributed by atoms with E-state index in [-0.39, 0.29) is 5.91 Å². The van der Waals surface area contributed by atoms with Gasteiger partial charge >= 0.3 is 0 Å². The summed E-state index contributed by atoms with van der Waals surface area (Å²) in [6.07, 6.45) is 2.32. The van der Waals surface area contributed by atoms with Crippen LogP contribution in [-0.2, 0) is 0 Å². The Morgan fingerprint density at radius 2 is 1.85 bits per heavy atom. The van der Waals surface area contributed by atoms with Gasteiger partial charge in [-0.2, -0.15) is 5.10 Å². The molecule has 1 aromatic heterocycles. The van der Waals surface area contributed by atoms with Gasteiger partial charge in [-0.25, -0.2) is 0 Å². The normalized spacial score (nSPS) is 14.9. The van der Waals surface area contributed by atoms with Crippen molar-refractivity contribution in [3.8, 4) is 0 Å². The van der Waals surface area contributed by atoms with E-state index in [0.717, 1.165) is 53.8 Å². The highest BCUT2D eigenvalue weighted by Gasteiger charge is 2.19. The Bertz CT molecular complexity index is 1300. The summed E-state index contributed by atoms with van der Waals surface area (Å²) in [5.41, 5.74) is 5.58. The van der Waals surface area contributed by atoms with Crippen molar-refractivity contribution in [1.82, 2.24) is 15.1 Å². The lowest BCUT2D eigenvalue weighted by molar-refractivity contribution is 0.102. The topological polar surface area (TPSA) is 73.0 Å². The average molecular weight is 474 g/mol. The molecule has 1 fully saturated rings. The molecule has 1 saturated heterocycles. The zero-order chi connectivity index (χ0) is 23.7. The Kier molecular flexibility index (Phi) is 6.26. The van der Waals surface area contributed by atoms with Gasteiger partial charge in [-0.3, -0.25) is 9.89 Å². The monoisotopic (exact) mass is 473 g/mol. The number of aryl methyl sites for hydroxylation is 1. The molecule has 6 nitrogen and oxygen atoms in total. The van der Waals surface area contributed by atoms with Gasteiger partial charge in [-0.05, 0) is 93.3 Å². The molecule has 0 atom stereocenters. The van der Waals surface area contributed by atoms with Crippen LogP contribution >= 0.6 is 11.6 Å². The summed E-state index contributed by atoms with van der Waals surface area (Å²) < 4.78 is 0. The van der Waals surface area contributed by atoms with Gasteiger partial charge in [0.1, 0.15) is 0 Å². The summed E-state index contributed by atoms with van der Waals surface area (Å²) in [4.78, 5) is 15.2. The minimum absolute atomic E-state index is 0.169. The van der Waals surface area contributed by atoms with Crippen LogP contribution in [0.5, 0.6) is 0 Å². The first-order chi connectivity index (χ1) is 16.5. The molecule has 3 aromatic carbocycles. The van der Waals surface area contributed by atoms with Gasteiger partial charge < -0.3 is 15.5 Å². The van der Waals surface area contributed by atoms with Crippen LogP contribution in [0.4, 0.5) is 17.2 Å². The molecule has 0 bridgehead atoms. The first kappa shape index (κ1) is 22.4. The molecule has 0 saturated carbocycles. The first-order valence-electron chi connectivity index (χ1n) is 11.6. The number of carbonyl (C=O) groups excluding carboxylic acids is 1. The maximum absolute atomic E-state index is 12.9. The van der Waals surface area contributed by atoms with Gasteiger partial charge in [0.25, 0.3) is 5.91 Å². The number of carbonyl (C=O) groups is 1. The zero-order valence-corrected chi connectivity index (χ0v) is 20.1. The van der Waals surface area contributed by atoms with Crippen LogP contribution in [0.1, 0.15) is 40.2 Å². The van der Waals surface area contributed by atoms with Gasteiger partial charge in [0.15, 0.2) is 5.82 Å². The average Bonchev–Trinajstić information content (AvgIpc) is 3.24. The second-order valence-corrected chi connectivity index (χ2v) is 9.45. The highest BCUT2D eigenvalue weighted by Crippen LogP contribution is 2.31. The van der Waals surface area contributed by atoms with E-state index in [9.17, 15) is 4.79 Å². The van der Waals surface area contributed by atoms with Crippen LogP contribution in [0.3, 0.4) is 0 Å². The second kappa shape index (κ2) is 9.49. The van der Waals surface area contributed by atoms with Crippen molar-refractivity contribution in [3.05, 3.63) is 82.4 Å². The van der Waals surface area contributed by atoms with Crippen LogP contribution in [0.2, 0.25) is 5.02 Å². The Labute approximate surface area is 204 Å². The summed E-state index contributed by atoms with van der Waals surface area (Å²) in [7, 11) is 2.17. The number of anilines is 3. The lowest BCUT2D eigenvalue weighted by atomic mass is 9.89. The maximum Gasteiger partial charge on any atom is 0.256 e. The molecule has 0 spiro atoms. The van der Waals surface area contributed by atoms with Crippen molar-refractivity contribution in [1.29, 1.82) is 0 Å². The standard InChI is InChI=1S/C27H28ClN5O/c1-17-4-3-5-23(28)25(17)29-21-10-11-22-24(16-21)31-32-26(22)30-27(34)20-8-6-18(7-9-20)19-12-14-33(2)15-13-19/h3-11,16,19,29H,12-15H2,1-2H3,(H2,30,31,32,34). The number of rotatable bonds is 5. The Morgan fingerprint density at radius 1 is 1.09 bits per heavy atom. The number of aromatic nitrogens is 2. The smallest absolute Gasteiger partial charge is 0.256 e. The summed E-state index contributed by atoms with van der Waals surface area (Å²) in [6, 6.07) is 19.6. The van der Waals surface area contributed by atoms with Crippen molar-refractivity contribution < 1.29 is 4.79 Å². The van der Waals surface area contributed by atoms with Crippen LogP contribution < -0.4 is 10.6 Å². The first-order valence-corrected chi connectivity index (χ1v) is 12.0. The van der Waals surface area contributed by atoms with E-state index in [1.54, 1.807) is 0 Å². The summed E-state index contributed by atoms with van der Waals surface area (Å²) in [5, 5.41) is 15.2. The summed E-state index contributed by atoms with van der Waals surface area (Å²) in [6.45, 7) is 4.25. The number of piperidine rings is 1. The van der Waals surface area contributed by atoms with Gasteiger partial charge in [0.05, 0.1) is 16.2 Å². The molecule has 5 rings (SSSR count). The molecule has 4 aromatic rings. The van der Waals surface area contributed by atoms with Crippen molar-refractivity contribution >= 4 is 45.6 Å². The van der Waals surface area contributed by atoms with Crippen LogP contribution in [0, 0.1) is 6.92 Å². The van der Waals surface area contributed by atoms with Gasteiger partial charge in [-0.1, -0.05) is 35.9 Å². The lowest BCUT2D eigenvalue weighted by Gasteiger charge is -2.29. The third kappa shape index (κ3) is 4.65. The third-order valence-electron chi connectivity index (χ3n) is 6.65. The second-order valence-electron chi connectivity index (χ2n) is 9.04. The predicted octanol–water partition coefficient (Wildman–Crippen LogP) is 6.33. The largest absolute Gasteiger partial charge is 0.354 e. The molecule has 3 N–H and O–H groups in total. The number of para-hydroxylation sites is 1.